The molecule has 0 heterocycles. The van der Waals surface area contributed by atoms with Gasteiger partial charge < -0.3 is 5.11 Å². The Labute approximate surface area is 108 Å². The number of halogens is 5. The molecular formula is C13H15F5O. The highest BCUT2D eigenvalue weighted by atomic mass is 19.4. The minimum atomic E-state index is -4.28. The van der Waals surface area contributed by atoms with Crippen LogP contribution in [0.3, 0.4) is 0 Å². The summed E-state index contributed by atoms with van der Waals surface area (Å²) < 4.78 is 62.2. The molecule has 1 atom stereocenters. The quantitative estimate of drug-likeness (QED) is 0.810. The Kier molecular flexibility index (Phi) is 4.90. The fourth-order valence-corrected chi connectivity index (χ4v) is 1.85. The topological polar surface area (TPSA) is 20.2 Å². The van der Waals surface area contributed by atoms with Gasteiger partial charge in [0.1, 0.15) is 11.6 Å². The van der Waals surface area contributed by atoms with Crippen LogP contribution in [0.2, 0.25) is 0 Å². The van der Waals surface area contributed by atoms with E-state index in [9.17, 15) is 27.1 Å². The molecule has 0 aliphatic rings. The molecule has 0 radical (unpaired) electrons. The Bertz CT molecular complexity index is 426. The van der Waals surface area contributed by atoms with Crippen molar-refractivity contribution in [2.75, 3.05) is 0 Å². The van der Waals surface area contributed by atoms with Crippen molar-refractivity contribution in [3.63, 3.8) is 0 Å². The predicted octanol–water partition coefficient (Wildman–Crippen LogP) is 3.99. The minimum Gasteiger partial charge on any atom is -0.390 e. The van der Waals surface area contributed by atoms with E-state index < -0.39 is 29.8 Å². The molecule has 108 valence electrons. The second kappa shape index (κ2) is 5.86. The zero-order valence-corrected chi connectivity index (χ0v) is 10.4. The number of hydrogen-bond acceptors (Lipinski definition) is 1. The average molecular weight is 282 g/mol. The lowest BCUT2D eigenvalue weighted by Gasteiger charge is -2.24. The van der Waals surface area contributed by atoms with Gasteiger partial charge in [0, 0.05) is 12.8 Å². The summed E-state index contributed by atoms with van der Waals surface area (Å²) in [7, 11) is 0. The third kappa shape index (κ3) is 6.00. The molecular weight excluding hydrogens is 267 g/mol. The van der Waals surface area contributed by atoms with Gasteiger partial charge in [-0.25, -0.2) is 8.78 Å². The molecule has 0 saturated heterocycles. The van der Waals surface area contributed by atoms with Crippen LogP contribution in [-0.2, 0) is 6.42 Å². The van der Waals surface area contributed by atoms with Crippen LogP contribution in [0.4, 0.5) is 22.0 Å². The summed E-state index contributed by atoms with van der Waals surface area (Å²) >= 11 is 0. The Balaban J connectivity index is 2.61. The standard InChI is InChI=1S/C13H15F5O/c1-12(19,5-2-6-13(16,17)18)8-9-7-10(14)3-4-11(9)15/h3-4,7,19H,2,5-6,8H2,1H3. The van der Waals surface area contributed by atoms with Crippen molar-refractivity contribution in [2.45, 2.75) is 44.4 Å². The van der Waals surface area contributed by atoms with Crippen molar-refractivity contribution in [2.24, 2.45) is 0 Å². The van der Waals surface area contributed by atoms with E-state index in [1.807, 2.05) is 0 Å². The monoisotopic (exact) mass is 282 g/mol. The Morgan fingerprint density at radius 3 is 2.32 bits per heavy atom. The molecule has 1 nitrogen and oxygen atoms in total. The molecule has 6 heteroatoms. The zero-order valence-electron chi connectivity index (χ0n) is 10.4. The molecule has 1 unspecified atom stereocenters. The SMILES string of the molecule is CC(O)(CCCC(F)(F)F)Cc1cc(F)ccc1F. The van der Waals surface area contributed by atoms with Crippen LogP contribution < -0.4 is 0 Å². The van der Waals surface area contributed by atoms with Crippen molar-refractivity contribution >= 4 is 0 Å². The number of benzene rings is 1. The molecule has 0 spiro atoms. The lowest BCUT2D eigenvalue weighted by atomic mass is 9.91. The molecule has 0 bridgehead atoms. The maximum absolute atomic E-state index is 13.4. The predicted molar refractivity (Wildman–Crippen MR) is 60.6 cm³/mol. The van der Waals surface area contributed by atoms with E-state index in [-0.39, 0.29) is 24.8 Å². The van der Waals surface area contributed by atoms with Crippen molar-refractivity contribution in [1.29, 1.82) is 0 Å². The highest BCUT2D eigenvalue weighted by molar-refractivity contribution is 5.20. The third-order valence-electron chi connectivity index (χ3n) is 2.75. The van der Waals surface area contributed by atoms with Crippen LogP contribution in [0.1, 0.15) is 31.7 Å². The fraction of sp³-hybridized carbons (Fsp3) is 0.538. The van der Waals surface area contributed by atoms with Crippen molar-refractivity contribution in [3.05, 3.63) is 35.4 Å². The summed E-state index contributed by atoms with van der Waals surface area (Å²) in [5, 5.41) is 9.92. The van der Waals surface area contributed by atoms with E-state index in [0.717, 1.165) is 18.2 Å². The lowest BCUT2D eigenvalue weighted by Crippen LogP contribution is -2.28. The number of aliphatic hydroxyl groups is 1. The molecule has 1 aromatic rings. The van der Waals surface area contributed by atoms with Gasteiger partial charge in [-0.15, -0.1) is 0 Å². The van der Waals surface area contributed by atoms with Gasteiger partial charge in [0.2, 0.25) is 0 Å². The summed E-state index contributed by atoms with van der Waals surface area (Å²) in [6.45, 7) is 1.31. The average Bonchev–Trinajstić information content (AvgIpc) is 2.20. The van der Waals surface area contributed by atoms with E-state index >= 15 is 0 Å². The summed E-state index contributed by atoms with van der Waals surface area (Å²) in [4.78, 5) is 0. The summed E-state index contributed by atoms with van der Waals surface area (Å²) in [5.41, 5.74) is -1.54. The zero-order chi connectivity index (χ0) is 14.7. The van der Waals surface area contributed by atoms with Gasteiger partial charge >= 0.3 is 6.18 Å². The largest absolute Gasteiger partial charge is 0.390 e. The number of hydrogen-bond donors (Lipinski definition) is 1. The second-order valence-corrected chi connectivity index (χ2v) is 4.88. The summed E-state index contributed by atoms with van der Waals surface area (Å²) in [6, 6.07) is 2.81. The van der Waals surface area contributed by atoms with E-state index in [1.165, 1.54) is 6.92 Å². The van der Waals surface area contributed by atoms with Crippen LogP contribution in [0, 0.1) is 11.6 Å². The molecule has 0 saturated carbocycles. The molecule has 0 aromatic heterocycles. The first-order valence-corrected chi connectivity index (χ1v) is 5.82. The Morgan fingerprint density at radius 2 is 1.74 bits per heavy atom. The first kappa shape index (κ1) is 15.9. The van der Waals surface area contributed by atoms with E-state index in [1.54, 1.807) is 0 Å². The van der Waals surface area contributed by atoms with Crippen LogP contribution in [-0.4, -0.2) is 16.9 Å². The summed E-state index contributed by atoms with van der Waals surface area (Å²) in [5.74, 6) is -1.33. The van der Waals surface area contributed by atoms with Gasteiger partial charge in [-0.05, 0) is 43.5 Å². The summed E-state index contributed by atoms with van der Waals surface area (Å²) in [6.07, 6.45) is -5.90. The van der Waals surface area contributed by atoms with Crippen LogP contribution in [0.5, 0.6) is 0 Å². The Morgan fingerprint density at radius 1 is 1.11 bits per heavy atom. The Hall–Kier alpha value is -1.17. The molecule has 1 N–H and O–H groups in total. The number of rotatable bonds is 5. The maximum atomic E-state index is 13.4. The van der Waals surface area contributed by atoms with Gasteiger partial charge in [0.05, 0.1) is 5.60 Å². The van der Waals surface area contributed by atoms with Crippen molar-refractivity contribution in [1.82, 2.24) is 0 Å². The van der Waals surface area contributed by atoms with Crippen LogP contribution in [0.15, 0.2) is 18.2 Å². The van der Waals surface area contributed by atoms with Crippen molar-refractivity contribution < 1.29 is 27.1 Å². The van der Waals surface area contributed by atoms with Gasteiger partial charge in [-0.2, -0.15) is 13.2 Å². The molecule has 0 amide bonds. The van der Waals surface area contributed by atoms with E-state index in [0.29, 0.717) is 0 Å². The van der Waals surface area contributed by atoms with E-state index in [4.69, 9.17) is 0 Å². The smallest absolute Gasteiger partial charge is 0.389 e. The van der Waals surface area contributed by atoms with Gasteiger partial charge in [-0.1, -0.05) is 0 Å². The molecule has 1 aromatic carbocycles. The van der Waals surface area contributed by atoms with Gasteiger partial charge in [0.25, 0.3) is 0 Å². The highest BCUT2D eigenvalue weighted by Gasteiger charge is 2.29. The molecule has 0 aliphatic carbocycles. The van der Waals surface area contributed by atoms with Crippen LogP contribution in [0.25, 0.3) is 0 Å². The van der Waals surface area contributed by atoms with Crippen LogP contribution >= 0.6 is 0 Å². The molecule has 0 fully saturated rings. The molecule has 1 rings (SSSR count). The normalized spacial score (nSPS) is 15.3. The molecule has 19 heavy (non-hydrogen) atoms. The van der Waals surface area contributed by atoms with Gasteiger partial charge in [-0.3, -0.25) is 0 Å². The first-order valence-electron chi connectivity index (χ1n) is 5.82. The minimum absolute atomic E-state index is 0.0444. The highest BCUT2D eigenvalue weighted by Crippen LogP contribution is 2.27. The second-order valence-electron chi connectivity index (χ2n) is 4.88. The van der Waals surface area contributed by atoms with Crippen molar-refractivity contribution in [3.8, 4) is 0 Å². The first-order chi connectivity index (χ1) is 8.59. The van der Waals surface area contributed by atoms with Gasteiger partial charge in [0.15, 0.2) is 0 Å². The van der Waals surface area contributed by atoms with E-state index in [2.05, 4.69) is 0 Å². The third-order valence-corrected chi connectivity index (χ3v) is 2.75. The lowest BCUT2D eigenvalue weighted by molar-refractivity contribution is -0.137. The number of alkyl halides is 3. The fourth-order valence-electron chi connectivity index (χ4n) is 1.85. The maximum Gasteiger partial charge on any atom is 0.389 e. The molecule has 0 aliphatic heterocycles.